The van der Waals surface area contributed by atoms with Crippen LogP contribution in [-0.2, 0) is 6.42 Å². The van der Waals surface area contributed by atoms with E-state index in [1.54, 1.807) is 0 Å². The van der Waals surface area contributed by atoms with E-state index in [9.17, 15) is 0 Å². The molecule has 118 valence electrons. The summed E-state index contributed by atoms with van der Waals surface area (Å²) in [4.78, 5) is 0. The lowest BCUT2D eigenvalue weighted by atomic mass is 9.93. The third-order valence-corrected chi connectivity index (χ3v) is 5.13. The second-order valence-electron chi connectivity index (χ2n) is 6.61. The van der Waals surface area contributed by atoms with Crippen LogP contribution in [-0.4, -0.2) is 0 Å². The Morgan fingerprint density at radius 1 is 0.440 bits per heavy atom. The van der Waals surface area contributed by atoms with Crippen molar-refractivity contribution in [2.24, 2.45) is 0 Å². The highest BCUT2D eigenvalue weighted by Crippen LogP contribution is 2.41. The van der Waals surface area contributed by atoms with Crippen LogP contribution in [0.2, 0.25) is 0 Å². The largest absolute Gasteiger partial charge is 0.0622 e. The summed E-state index contributed by atoms with van der Waals surface area (Å²) in [5.74, 6) is 0. The van der Waals surface area contributed by atoms with Gasteiger partial charge in [0.2, 0.25) is 0 Å². The standard InChI is InChI=1S/C25H18/c1-2-8-18(9-3-1)19-11-6-12-20(16-19)23-14-7-15-24-22-13-5-4-10-21(22)17-25(23)24/h1-16H,17H2. The molecule has 1 aliphatic carbocycles. The summed E-state index contributed by atoms with van der Waals surface area (Å²) in [7, 11) is 0. The maximum atomic E-state index is 2.31. The minimum Gasteiger partial charge on any atom is -0.0622 e. The SMILES string of the molecule is c1ccc(-c2cccc(-c3cccc4c3Cc3ccccc3-4)c2)cc1. The summed E-state index contributed by atoms with van der Waals surface area (Å²) in [5, 5.41) is 0. The molecule has 0 atom stereocenters. The van der Waals surface area contributed by atoms with Gasteiger partial charge in [0.05, 0.1) is 0 Å². The molecule has 1 aliphatic rings. The van der Waals surface area contributed by atoms with Crippen molar-refractivity contribution >= 4 is 0 Å². The Labute approximate surface area is 148 Å². The number of hydrogen-bond acceptors (Lipinski definition) is 0. The first-order valence-corrected chi connectivity index (χ1v) is 8.76. The summed E-state index contributed by atoms with van der Waals surface area (Å²) < 4.78 is 0. The lowest BCUT2D eigenvalue weighted by Gasteiger charge is -2.11. The Morgan fingerprint density at radius 2 is 1.08 bits per heavy atom. The van der Waals surface area contributed by atoms with Gasteiger partial charge in [0.25, 0.3) is 0 Å². The lowest BCUT2D eigenvalue weighted by Crippen LogP contribution is -1.88. The van der Waals surface area contributed by atoms with Gasteiger partial charge in [-0.3, -0.25) is 0 Å². The zero-order chi connectivity index (χ0) is 16.6. The molecule has 0 bridgehead atoms. The lowest BCUT2D eigenvalue weighted by molar-refractivity contribution is 1.26. The maximum Gasteiger partial charge on any atom is -0.000729 e. The molecule has 0 aliphatic heterocycles. The smallest absolute Gasteiger partial charge is 0.000729 e. The molecular formula is C25H18. The van der Waals surface area contributed by atoms with Gasteiger partial charge >= 0.3 is 0 Å². The fourth-order valence-electron chi connectivity index (χ4n) is 3.92. The highest BCUT2D eigenvalue weighted by Gasteiger charge is 2.20. The predicted molar refractivity (Wildman–Crippen MR) is 106 cm³/mol. The molecule has 0 amide bonds. The molecule has 0 spiro atoms. The molecule has 0 N–H and O–H groups in total. The molecule has 5 rings (SSSR count). The van der Waals surface area contributed by atoms with Gasteiger partial charge in [-0.05, 0) is 57.0 Å². The van der Waals surface area contributed by atoms with Crippen molar-refractivity contribution < 1.29 is 0 Å². The van der Waals surface area contributed by atoms with E-state index in [4.69, 9.17) is 0 Å². The number of fused-ring (bicyclic) bond motifs is 3. The van der Waals surface area contributed by atoms with E-state index in [2.05, 4.69) is 97.1 Å². The molecule has 4 aromatic rings. The van der Waals surface area contributed by atoms with Crippen LogP contribution in [0.15, 0.2) is 97.1 Å². The van der Waals surface area contributed by atoms with Crippen LogP contribution < -0.4 is 0 Å². The van der Waals surface area contributed by atoms with Crippen LogP contribution in [0.3, 0.4) is 0 Å². The monoisotopic (exact) mass is 318 g/mol. The van der Waals surface area contributed by atoms with E-state index in [0.29, 0.717) is 0 Å². The quantitative estimate of drug-likeness (QED) is 0.344. The molecular weight excluding hydrogens is 300 g/mol. The Bertz CT molecular complexity index is 1060. The first-order valence-electron chi connectivity index (χ1n) is 8.76. The van der Waals surface area contributed by atoms with Crippen molar-refractivity contribution in [3.63, 3.8) is 0 Å². The number of rotatable bonds is 2. The van der Waals surface area contributed by atoms with E-state index in [1.807, 2.05) is 0 Å². The van der Waals surface area contributed by atoms with Gasteiger partial charge in [0, 0.05) is 0 Å². The van der Waals surface area contributed by atoms with Gasteiger partial charge in [-0.1, -0.05) is 91.0 Å². The average Bonchev–Trinajstić information content (AvgIpc) is 3.07. The zero-order valence-corrected chi connectivity index (χ0v) is 13.9. The fourth-order valence-corrected chi connectivity index (χ4v) is 3.92. The Kier molecular flexibility index (Phi) is 3.28. The maximum absolute atomic E-state index is 2.31. The van der Waals surface area contributed by atoms with Gasteiger partial charge in [0.1, 0.15) is 0 Å². The van der Waals surface area contributed by atoms with E-state index in [1.165, 1.54) is 44.5 Å². The van der Waals surface area contributed by atoms with Gasteiger partial charge in [-0.25, -0.2) is 0 Å². The predicted octanol–water partition coefficient (Wildman–Crippen LogP) is 6.59. The second-order valence-corrected chi connectivity index (χ2v) is 6.61. The summed E-state index contributed by atoms with van der Waals surface area (Å²) in [6, 6.07) is 35.0. The van der Waals surface area contributed by atoms with Crippen LogP contribution >= 0.6 is 0 Å². The molecule has 0 nitrogen and oxygen atoms in total. The van der Waals surface area contributed by atoms with Crippen molar-refractivity contribution in [2.45, 2.75) is 6.42 Å². The third kappa shape index (κ3) is 2.38. The highest BCUT2D eigenvalue weighted by atomic mass is 14.2. The Morgan fingerprint density at radius 3 is 2.00 bits per heavy atom. The van der Waals surface area contributed by atoms with Crippen molar-refractivity contribution in [2.75, 3.05) is 0 Å². The van der Waals surface area contributed by atoms with Crippen molar-refractivity contribution in [3.8, 4) is 33.4 Å². The van der Waals surface area contributed by atoms with Gasteiger partial charge < -0.3 is 0 Å². The molecule has 0 heteroatoms. The molecule has 0 fully saturated rings. The molecule has 0 heterocycles. The molecule has 0 radical (unpaired) electrons. The van der Waals surface area contributed by atoms with E-state index < -0.39 is 0 Å². The minimum atomic E-state index is 1.03. The molecule has 25 heavy (non-hydrogen) atoms. The van der Waals surface area contributed by atoms with Crippen molar-refractivity contribution in [3.05, 3.63) is 108 Å². The first-order chi connectivity index (χ1) is 12.4. The van der Waals surface area contributed by atoms with E-state index >= 15 is 0 Å². The molecule has 0 aromatic heterocycles. The Hall–Kier alpha value is -3.12. The van der Waals surface area contributed by atoms with Gasteiger partial charge in [0.15, 0.2) is 0 Å². The zero-order valence-electron chi connectivity index (χ0n) is 13.9. The molecule has 4 aromatic carbocycles. The topological polar surface area (TPSA) is 0 Å². The summed E-state index contributed by atoms with van der Waals surface area (Å²) in [6.07, 6.45) is 1.03. The highest BCUT2D eigenvalue weighted by molar-refractivity contribution is 5.85. The third-order valence-electron chi connectivity index (χ3n) is 5.13. The van der Waals surface area contributed by atoms with E-state index in [0.717, 1.165) is 6.42 Å². The van der Waals surface area contributed by atoms with Crippen LogP contribution in [0.1, 0.15) is 11.1 Å². The summed E-state index contributed by atoms with van der Waals surface area (Å²) in [6.45, 7) is 0. The minimum absolute atomic E-state index is 1.03. The van der Waals surface area contributed by atoms with Gasteiger partial charge in [-0.2, -0.15) is 0 Å². The van der Waals surface area contributed by atoms with Crippen LogP contribution in [0.4, 0.5) is 0 Å². The number of hydrogen-bond donors (Lipinski definition) is 0. The van der Waals surface area contributed by atoms with Crippen molar-refractivity contribution in [1.29, 1.82) is 0 Å². The number of benzene rings is 4. The molecule has 0 saturated heterocycles. The van der Waals surface area contributed by atoms with E-state index in [-0.39, 0.29) is 0 Å². The Balaban J connectivity index is 1.65. The second kappa shape index (κ2) is 5.75. The first kappa shape index (κ1) is 14.2. The molecule has 0 saturated carbocycles. The van der Waals surface area contributed by atoms with Crippen LogP contribution in [0, 0.1) is 0 Å². The van der Waals surface area contributed by atoms with Gasteiger partial charge in [-0.15, -0.1) is 0 Å². The van der Waals surface area contributed by atoms with Crippen molar-refractivity contribution in [1.82, 2.24) is 0 Å². The van der Waals surface area contributed by atoms with Crippen LogP contribution in [0.5, 0.6) is 0 Å². The average molecular weight is 318 g/mol. The molecule has 0 unspecified atom stereocenters. The summed E-state index contributed by atoms with van der Waals surface area (Å²) in [5.41, 5.74) is 10.8. The fraction of sp³-hybridized carbons (Fsp3) is 0.0400. The normalized spacial score (nSPS) is 11.8. The van der Waals surface area contributed by atoms with Crippen LogP contribution in [0.25, 0.3) is 33.4 Å². The summed E-state index contributed by atoms with van der Waals surface area (Å²) >= 11 is 0.